The molecule has 2 aromatic carbocycles. The highest BCUT2D eigenvalue weighted by atomic mass is 79.9. The predicted molar refractivity (Wildman–Crippen MR) is 82.1 cm³/mol. The van der Waals surface area contributed by atoms with Crippen LogP contribution in [0.3, 0.4) is 0 Å². The molecule has 19 heavy (non-hydrogen) atoms. The van der Waals surface area contributed by atoms with Crippen LogP contribution in [0.2, 0.25) is 0 Å². The Balaban J connectivity index is 2.10. The molecule has 0 heterocycles. The van der Waals surface area contributed by atoms with E-state index in [-0.39, 0.29) is 11.6 Å². The van der Waals surface area contributed by atoms with Gasteiger partial charge in [0.2, 0.25) is 0 Å². The van der Waals surface area contributed by atoms with Gasteiger partial charge in [-0.05, 0) is 51.8 Å². The number of hydrogen-bond acceptors (Lipinski definition) is 2. The average Bonchev–Trinajstić information content (AvgIpc) is 2.40. The number of hydrogen-bond donors (Lipinski definition) is 1. The molecule has 2 nitrogen and oxygen atoms in total. The normalized spacial score (nSPS) is 10.3. The molecule has 5 heteroatoms. The average molecular weight is 389 g/mol. The van der Waals surface area contributed by atoms with E-state index < -0.39 is 0 Å². The minimum atomic E-state index is -0.352. The third kappa shape index (κ3) is 3.70. The van der Waals surface area contributed by atoms with Crippen molar-refractivity contribution in [2.75, 3.05) is 12.4 Å². The largest absolute Gasteiger partial charge is 0.494 e. The molecule has 0 amide bonds. The fourth-order valence-electron chi connectivity index (χ4n) is 1.65. The van der Waals surface area contributed by atoms with Gasteiger partial charge in [-0.3, -0.25) is 0 Å². The van der Waals surface area contributed by atoms with Gasteiger partial charge >= 0.3 is 0 Å². The summed E-state index contributed by atoms with van der Waals surface area (Å²) in [7, 11) is 1.45. The molecule has 0 saturated heterocycles. The molecule has 0 bridgehead atoms. The quantitative estimate of drug-likeness (QED) is 0.798. The first kappa shape index (κ1) is 14.3. The Hall–Kier alpha value is -1.07. The van der Waals surface area contributed by atoms with E-state index in [0.717, 1.165) is 20.2 Å². The molecule has 0 aliphatic heterocycles. The van der Waals surface area contributed by atoms with Crippen molar-refractivity contribution >= 4 is 37.5 Å². The van der Waals surface area contributed by atoms with Gasteiger partial charge in [0, 0.05) is 21.2 Å². The Labute approximate surface area is 128 Å². The van der Waals surface area contributed by atoms with Crippen LogP contribution in [0.1, 0.15) is 5.56 Å². The van der Waals surface area contributed by atoms with Crippen LogP contribution in [-0.4, -0.2) is 7.11 Å². The van der Waals surface area contributed by atoms with Crippen molar-refractivity contribution in [2.45, 2.75) is 6.54 Å². The molecular weight excluding hydrogens is 377 g/mol. The Morgan fingerprint density at radius 3 is 2.63 bits per heavy atom. The molecule has 0 spiro atoms. The van der Waals surface area contributed by atoms with E-state index in [4.69, 9.17) is 4.74 Å². The lowest BCUT2D eigenvalue weighted by Gasteiger charge is -2.10. The summed E-state index contributed by atoms with van der Waals surface area (Å²) in [6, 6.07) is 10.8. The Bertz CT molecular complexity index is 590. The summed E-state index contributed by atoms with van der Waals surface area (Å²) in [5.41, 5.74) is 1.80. The number of methoxy groups -OCH3 is 1. The first-order chi connectivity index (χ1) is 9.10. The molecule has 0 aliphatic carbocycles. The van der Waals surface area contributed by atoms with Gasteiger partial charge in [-0.1, -0.05) is 22.0 Å². The van der Waals surface area contributed by atoms with Crippen molar-refractivity contribution in [2.24, 2.45) is 0 Å². The standard InChI is InChI=1S/C14H12Br2FNO/c1-19-14-5-2-9(6-12(14)17)8-18-13-7-10(15)3-4-11(13)16/h2-7,18H,8H2,1H3. The van der Waals surface area contributed by atoms with E-state index >= 15 is 0 Å². The van der Waals surface area contributed by atoms with Gasteiger partial charge in [0.25, 0.3) is 0 Å². The molecule has 0 atom stereocenters. The highest BCUT2D eigenvalue weighted by molar-refractivity contribution is 9.11. The number of ether oxygens (including phenoxy) is 1. The van der Waals surface area contributed by atoms with E-state index in [9.17, 15) is 4.39 Å². The van der Waals surface area contributed by atoms with Gasteiger partial charge in [0.05, 0.1) is 7.11 Å². The summed E-state index contributed by atoms with van der Waals surface area (Å²) in [6.07, 6.45) is 0. The topological polar surface area (TPSA) is 21.3 Å². The number of halogens is 3. The summed E-state index contributed by atoms with van der Waals surface area (Å²) < 4.78 is 20.4. The van der Waals surface area contributed by atoms with Crippen LogP contribution < -0.4 is 10.1 Å². The maximum atomic E-state index is 13.6. The second-order valence-electron chi connectivity index (χ2n) is 3.95. The molecule has 0 fully saturated rings. The maximum absolute atomic E-state index is 13.6. The van der Waals surface area contributed by atoms with Gasteiger partial charge in [-0.25, -0.2) is 4.39 Å². The third-order valence-corrected chi connectivity index (χ3v) is 3.81. The summed E-state index contributed by atoms with van der Waals surface area (Å²) in [5, 5.41) is 3.25. The number of nitrogens with one attached hydrogen (secondary N) is 1. The summed E-state index contributed by atoms with van der Waals surface area (Å²) in [4.78, 5) is 0. The van der Waals surface area contributed by atoms with Crippen molar-refractivity contribution in [3.63, 3.8) is 0 Å². The minimum Gasteiger partial charge on any atom is -0.494 e. The molecule has 0 aromatic heterocycles. The molecule has 2 rings (SSSR count). The fourth-order valence-corrected chi connectivity index (χ4v) is 2.40. The second-order valence-corrected chi connectivity index (χ2v) is 5.72. The van der Waals surface area contributed by atoms with E-state index in [1.54, 1.807) is 6.07 Å². The predicted octanol–water partition coefficient (Wildman–Crippen LogP) is 4.97. The molecular formula is C14H12Br2FNO. The monoisotopic (exact) mass is 387 g/mol. The van der Waals surface area contributed by atoms with Gasteiger partial charge in [0.1, 0.15) is 0 Å². The summed E-state index contributed by atoms with van der Waals surface area (Å²) in [6.45, 7) is 0.538. The van der Waals surface area contributed by atoms with Crippen molar-refractivity contribution in [1.29, 1.82) is 0 Å². The summed E-state index contributed by atoms with van der Waals surface area (Å²) >= 11 is 6.88. The molecule has 0 radical (unpaired) electrons. The van der Waals surface area contributed by atoms with Crippen molar-refractivity contribution in [3.8, 4) is 5.75 Å². The zero-order chi connectivity index (χ0) is 13.8. The van der Waals surface area contributed by atoms with Crippen molar-refractivity contribution in [1.82, 2.24) is 0 Å². The molecule has 100 valence electrons. The fraction of sp³-hybridized carbons (Fsp3) is 0.143. The maximum Gasteiger partial charge on any atom is 0.165 e. The highest BCUT2D eigenvalue weighted by Gasteiger charge is 2.04. The van der Waals surface area contributed by atoms with E-state index in [0.29, 0.717) is 6.54 Å². The number of rotatable bonds is 4. The van der Waals surface area contributed by atoms with Gasteiger partial charge in [-0.15, -0.1) is 0 Å². The summed E-state index contributed by atoms with van der Waals surface area (Å²) in [5.74, 6) is -0.0949. The first-order valence-electron chi connectivity index (χ1n) is 5.61. The van der Waals surface area contributed by atoms with Gasteiger partial charge in [-0.2, -0.15) is 0 Å². The van der Waals surface area contributed by atoms with Gasteiger partial charge in [0.15, 0.2) is 11.6 Å². The second kappa shape index (κ2) is 6.39. The zero-order valence-electron chi connectivity index (χ0n) is 10.2. The molecule has 2 aromatic rings. The van der Waals surface area contributed by atoms with Crippen LogP contribution in [-0.2, 0) is 6.54 Å². The number of anilines is 1. The lowest BCUT2D eigenvalue weighted by molar-refractivity contribution is 0.386. The van der Waals surface area contributed by atoms with Gasteiger partial charge < -0.3 is 10.1 Å². The Morgan fingerprint density at radius 2 is 1.95 bits per heavy atom. The molecule has 0 saturated carbocycles. The Kier molecular flexibility index (Phi) is 4.82. The van der Waals surface area contributed by atoms with E-state index in [1.165, 1.54) is 13.2 Å². The first-order valence-corrected chi connectivity index (χ1v) is 7.20. The van der Waals surface area contributed by atoms with Crippen LogP contribution in [0.4, 0.5) is 10.1 Å². The third-order valence-electron chi connectivity index (χ3n) is 2.63. The van der Waals surface area contributed by atoms with Crippen LogP contribution in [0, 0.1) is 5.82 Å². The van der Waals surface area contributed by atoms with Crippen LogP contribution in [0.25, 0.3) is 0 Å². The highest BCUT2D eigenvalue weighted by Crippen LogP contribution is 2.27. The Morgan fingerprint density at radius 1 is 1.16 bits per heavy atom. The lowest BCUT2D eigenvalue weighted by Crippen LogP contribution is -2.01. The molecule has 1 N–H and O–H groups in total. The smallest absolute Gasteiger partial charge is 0.165 e. The van der Waals surface area contributed by atoms with E-state index in [1.807, 2.05) is 24.3 Å². The number of benzene rings is 2. The SMILES string of the molecule is COc1ccc(CNc2cc(Br)ccc2Br)cc1F. The zero-order valence-corrected chi connectivity index (χ0v) is 13.4. The van der Waals surface area contributed by atoms with Crippen molar-refractivity contribution in [3.05, 3.63) is 56.7 Å². The van der Waals surface area contributed by atoms with Crippen molar-refractivity contribution < 1.29 is 9.13 Å². The lowest BCUT2D eigenvalue weighted by atomic mass is 10.2. The molecule has 0 unspecified atom stereocenters. The van der Waals surface area contributed by atoms with Crippen LogP contribution in [0.5, 0.6) is 5.75 Å². The molecule has 0 aliphatic rings. The van der Waals surface area contributed by atoms with Crippen LogP contribution in [0.15, 0.2) is 45.3 Å². The minimum absolute atomic E-state index is 0.257. The van der Waals surface area contributed by atoms with Crippen LogP contribution >= 0.6 is 31.9 Å². The van der Waals surface area contributed by atoms with E-state index in [2.05, 4.69) is 37.2 Å².